The van der Waals surface area contributed by atoms with E-state index in [-0.39, 0.29) is 5.41 Å². The molecule has 5 nitrogen and oxygen atoms in total. The van der Waals surface area contributed by atoms with Gasteiger partial charge in [0, 0.05) is 45.6 Å². The highest BCUT2D eigenvalue weighted by Gasteiger charge is 2.39. The van der Waals surface area contributed by atoms with Crippen LogP contribution < -0.4 is 0 Å². The van der Waals surface area contributed by atoms with Gasteiger partial charge in [-0.25, -0.2) is 4.98 Å². The van der Waals surface area contributed by atoms with Crippen LogP contribution in [-0.2, 0) is 18.3 Å². The van der Waals surface area contributed by atoms with Crippen LogP contribution in [-0.4, -0.2) is 24.5 Å². The lowest BCUT2D eigenvalue weighted by Gasteiger charge is -2.23. The zero-order valence-electron chi connectivity index (χ0n) is 26.4. The fourth-order valence-corrected chi connectivity index (χ4v) is 6.83. The van der Waals surface area contributed by atoms with Crippen LogP contribution in [0.5, 0.6) is 0 Å². The third-order valence-corrected chi connectivity index (χ3v) is 8.80. The number of allylic oxidation sites excluding steroid dienone is 7. The molecule has 0 N–H and O–H groups in total. The lowest BCUT2D eigenvalue weighted by molar-refractivity contribution is 0.654. The Morgan fingerprint density at radius 1 is 0.889 bits per heavy atom. The van der Waals surface area contributed by atoms with Gasteiger partial charge in [0.05, 0.1) is 5.52 Å². The molecule has 45 heavy (non-hydrogen) atoms. The second kappa shape index (κ2) is 12.4. The van der Waals surface area contributed by atoms with Gasteiger partial charge in [0.25, 0.3) is 0 Å². The smallest absolute Gasteiger partial charge is 0.238 e. The molecule has 5 aromatic rings. The molecule has 0 radical (unpaired) electrons. The fraction of sp³-hybridized carbons (Fsp3) is 0.200. The molecule has 224 valence electrons. The Balaban J connectivity index is 0.000000664. The van der Waals surface area contributed by atoms with Gasteiger partial charge in [-0.15, -0.1) is 0 Å². The Labute approximate surface area is 266 Å². The molecular weight excluding hydrogens is 550 g/mol. The molecule has 0 saturated carbocycles. The zero-order valence-corrected chi connectivity index (χ0v) is 26.4. The third-order valence-electron chi connectivity index (χ3n) is 8.80. The largest absolute Gasteiger partial charge is 0.282 e. The maximum absolute atomic E-state index is 5.09. The van der Waals surface area contributed by atoms with Crippen molar-refractivity contribution in [1.82, 2.24) is 24.5 Å². The van der Waals surface area contributed by atoms with E-state index in [1.165, 1.54) is 45.3 Å². The summed E-state index contributed by atoms with van der Waals surface area (Å²) in [6.45, 7) is 18.0. The summed E-state index contributed by atoms with van der Waals surface area (Å²) in [7, 11) is 0. The molecule has 0 fully saturated rings. The number of aryl methyl sites for hydroxylation is 1. The number of hydrogen-bond donors (Lipinski definition) is 0. The van der Waals surface area contributed by atoms with E-state index in [0.29, 0.717) is 17.6 Å². The number of aromatic nitrogens is 5. The molecule has 0 unspecified atom stereocenters. The summed E-state index contributed by atoms with van der Waals surface area (Å²) < 4.78 is 2.30. The van der Waals surface area contributed by atoms with Crippen molar-refractivity contribution in [2.45, 2.75) is 51.9 Å². The number of fused-ring (bicyclic) bond motifs is 7. The second-order valence-corrected chi connectivity index (χ2v) is 11.9. The van der Waals surface area contributed by atoms with Gasteiger partial charge in [0.1, 0.15) is 0 Å². The molecule has 2 aromatic carbocycles. The van der Waals surface area contributed by atoms with Crippen LogP contribution in [0.4, 0.5) is 0 Å². The number of rotatable bonds is 6. The standard InChI is InChI=1S/C35H31N5.C5H8/c1-5-12-22(6-2)32-37-33(23-13-8-7-9-14-23)39-34(38-32)40-28-16-11-10-15-25(28)30-29(40)18-17-24-26-21-36-20-19-27(26)35(3,4)31(24)30;1-3-5-4-2/h5-9,12-14,17-21H,1-2,10-11,15-16H2,3-4H3;3-5H,1H2,2H3/b22-12+;5-4-. The normalized spacial score (nSPS) is 14.7. The fourth-order valence-electron chi connectivity index (χ4n) is 6.83. The van der Waals surface area contributed by atoms with Crippen molar-refractivity contribution in [3.8, 4) is 28.5 Å². The summed E-state index contributed by atoms with van der Waals surface area (Å²) in [4.78, 5) is 19.5. The monoisotopic (exact) mass is 589 g/mol. The molecule has 0 spiro atoms. The van der Waals surface area contributed by atoms with Gasteiger partial charge < -0.3 is 0 Å². The first-order chi connectivity index (χ1) is 21.9. The summed E-state index contributed by atoms with van der Waals surface area (Å²) in [5.74, 6) is 1.87. The Hall–Kier alpha value is -5.16. The van der Waals surface area contributed by atoms with Crippen LogP contribution in [0.1, 0.15) is 61.8 Å². The molecule has 7 rings (SSSR count). The van der Waals surface area contributed by atoms with Crippen molar-refractivity contribution in [3.05, 3.63) is 145 Å². The van der Waals surface area contributed by atoms with E-state index in [2.05, 4.69) is 61.3 Å². The van der Waals surface area contributed by atoms with E-state index in [1.807, 2.05) is 67.9 Å². The number of hydrogen-bond acceptors (Lipinski definition) is 4. The topological polar surface area (TPSA) is 56.5 Å². The first-order valence-corrected chi connectivity index (χ1v) is 15.6. The highest BCUT2D eigenvalue weighted by atomic mass is 15.2. The van der Waals surface area contributed by atoms with E-state index < -0.39 is 0 Å². The molecule has 3 aromatic heterocycles. The van der Waals surface area contributed by atoms with Gasteiger partial charge in [-0.3, -0.25) is 9.55 Å². The SMILES string of the molecule is C=C/C=C(\C=C)c1nc(-c2ccccc2)nc(-n2c3c(c4c5c(ccc42)-c2cnccc2C5(C)C)CCCC3)n1.C=C/C=C\C. The second-order valence-electron chi connectivity index (χ2n) is 11.9. The quantitative estimate of drug-likeness (QED) is 0.185. The first-order valence-electron chi connectivity index (χ1n) is 15.6. The molecule has 0 atom stereocenters. The molecule has 3 heterocycles. The summed E-state index contributed by atoms with van der Waals surface area (Å²) in [6, 6.07) is 16.8. The van der Waals surface area contributed by atoms with Crippen molar-refractivity contribution < 1.29 is 0 Å². The van der Waals surface area contributed by atoms with Crippen LogP contribution in [0.3, 0.4) is 0 Å². The highest BCUT2D eigenvalue weighted by Crippen LogP contribution is 2.53. The van der Waals surface area contributed by atoms with Crippen molar-refractivity contribution >= 4 is 16.5 Å². The minimum atomic E-state index is -0.132. The number of benzene rings is 2. The zero-order chi connectivity index (χ0) is 31.6. The van der Waals surface area contributed by atoms with Gasteiger partial charge in [-0.2, -0.15) is 9.97 Å². The van der Waals surface area contributed by atoms with Gasteiger partial charge in [-0.05, 0) is 67.0 Å². The molecule has 2 aliphatic carbocycles. The number of pyridine rings is 1. The average Bonchev–Trinajstić information content (AvgIpc) is 3.53. The number of nitrogens with zero attached hydrogens (tertiary/aromatic N) is 5. The Morgan fingerprint density at radius 3 is 2.40 bits per heavy atom. The van der Waals surface area contributed by atoms with E-state index in [1.54, 1.807) is 18.2 Å². The Kier molecular flexibility index (Phi) is 8.27. The maximum Gasteiger partial charge on any atom is 0.238 e. The Morgan fingerprint density at radius 2 is 1.69 bits per heavy atom. The van der Waals surface area contributed by atoms with Gasteiger partial charge >= 0.3 is 0 Å². The minimum absolute atomic E-state index is 0.132. The lowest BCUT2D eigenvalue weighted by Crippen LogP contribution is -2.16. The van der Waals surface area contributed by atoms with Crippen LogP contribution in [0.25, 0.3) is 44.9 Å². The average molecular weight is 590 g/mol. The van der Waals surface area contributed by atoms with E-state index >= 15 is 0 Å². The maximum atomic E-state index is 5.09. The lowest BCUT2D eigenvalue weighted by atomic mass is 9.79. The van der Waals surface area contributed by atoms with Crippen LogP contribution in [0.2, 0.25) is 0 Å². The molecule has 0 saturated heterocycles. The van der Waals surface area contributed by atoms with E-state index in [9.17, 15) is 0 Å². The molecule has 0 aliphatic heterocycles. The summed E-state index contributed by atoms with van der Waals surface area (Å²) in [5.41, 5.74) is 10.8. The summed E-state index contributed by atoms with van der Waals surface area (Å²) in [5, 5.41) is 1.35. The molecule has 2 aliphatic rings. The van der Waals surface area contributed by atoms with Crippen LogP contribution in [0.15, 0.2) is 117 Å². The molecule has 5 heteroatoms. The van der Waals surface area contributed by atoms with E-state index in [0.717, 1.165) is 35.9 Å². The highest BCUT2D eigenvalue weighted by molar-refractivity contribution is 5.99. The molecular formula is C40H39N5. The van der Waals surface area contributed by atoms with Gasteiger partial charge in [-0.1, -0.05) is 106 Å². The molecule has 0 bridgehead atoms. The first kappa shape index (κ1) is 29.9. The minimum Gasteiger partial charge on any atom is -0.282 e. The van der Waals surface area contributed by atoms with Crippen molar-refractivity contribution in [3.63, 3.8) is 0 Å². The van der Waals surface area contributed by atoms with Gasteiger partial charge in [0.15, 0.2) is 11.6 Å². The summed E-state index contributed by atoms with van der Waals surface area (Å²) in [6.07, 6.45) is 19.3. The van der Waals surface area contributed by atoms with E-state index in [4.69, 9.17) is 15.0 Å². The Bertz CT molecular complexity index is 1990. The molecule has 0 amide bonds. The van der Waals surface area contributed by atoms with Crippen LogP contribution >= 0.6 is 0 Å². The summed E-state index contributed by atoms with van der Waals surface area (Å²) >= 11 is 0. The van der Waals surface area contributed by atoms with Gasteiger partial charge in [0.2, 0.25) is 5.95 Å². The van der Waals surface area contributed by atoms with Crippen LogP contribution in [0, 0.1) is 0 Å². The van der Waals surface area contributed by atoms with Crippen molar-refractivity contribution in [2.24, 2.45) is 0 Å². The van der Waals surface area contributed by atoms with Crippen molar-refractivity contribution in [2.75, 3.05) is 0 Å². The third kappa shape index (κ3) is 5.18. The predicted molar refractivity (Wildman–Crippen MR) is 187 cm³/mol. The predicted octanol–water partition coefficient (Wildman–Crippen LogP) is 9.57. The van der Waals surface area contributed by atoms with Crippen molar-refractivity contribution in [1.29, 1.82) is 0 Å².